The van der Waals surface area contributed by atoms with E-state index in [0.717, 1.165) is 49.3 Å². The van der Waals surface area contributed by atoms with E-state index in [1.807, 2.05) is 18.2 Å². The molecular formula is C19H25N3O2. The highest BCUT2D eigenvalue weighted by Gasteiger charge is 2.19. The molecule has 0 saturated carbocycles. The first-order chi connectivity index (χ1) is 11.6. The van der Waals surface area contributed by atoms with Crippen LogP contribution in [0.1, 0.15) is 29.9 Å². The Labute approximate surface area is 143 Å². The van der Waals surface area contributed by atoms with Crippen molar-refractivity contribution >= 4 is 16.9 Å². The van der Waals surface area contributed by atoms with Gasteiger partial charge in [-0.15, -0.1) is 0 Å². The number of carbonyl (C=O) groups is 1. The fraction of sp³-hybridized carbons (Fsp3) is 0.474. The molecule has 2 heterocycles. The van der Waals surface area contributed by atoms with E-state index in [4.69, 9.17) is 9.72 Å². The monoisotopic (exact) mass is 327 g/mol. The summed E-state index contributed by atoms with van der Waals surface area (Å²) in [4.78, 5) is 21.3. The van der Waals surface area contributed by atoms with Crippen molar-refractivity contribution in [3.8, 4) is 0 Å². The van der Waals surface area contributed by atoms with Gasteiger partial charge in [-0.2, -0.15) is 0 Å². The summed E-state index contributed by atoms with van der Waals surface area (Å²) in [7, 11) is 1.40. The van der Waals surface area contributed by atoms with Crippen LogP contribution in [-0.4, -0.2) is 60.1 Å². The van der Waals surface area contributed by atoms with Crippen molar-refractivity contribution in [3.63, 3.8) is 0 Å². The van der Waals surface area contributed by atoms with Gasteiger partial charge in [0, 0.05) is 44.2 Å². The summed E-state index contributed by atoms with van der Waals surface area (Å²) in [5, 5.41) is 0.964. The minimum atomic E-state index is -0.316. The molecule has 5 heteroatoms. The minimum absolute atomic E-state index is 0.316. The van der Waals surface area contributed by atoms with Crippen LogP contribution in [0, 0.1) is 0 Å². The third-order valence-electron chi connectivity index (χ3n) is 4.69. The van der Waals surface area contributed by atoms with E-state index in [9.17, 15) is 4.79 Å². The van der Waals surface area contributed by atoms with Crippen molar-refractivity contribution in [2.45, 2.75) is 26.4 Å². The van der Waals surface area contributed by atoms with Crippen LogP contribution < -0.4 is 0 Å². The maximum absolute atomic E-state index is 11.6. The molecule has 1 aliphatic heterocycles. The van der Waals surface area contributed by atoms with Crippen LogP contribution in [-0.2, 0) is 11.3 Å². The fourth-order valence-corrected chi connectivity index (χ4v) is 3.17. The molecule has 1 aromatic heterocycles. The number of fused-ring (bicyclic) bond motifs is 1. The van der Waals surface area contributed by atoms with Gasteiger partial charge in [0.05, 0.1) is 23.9 Å². The number of aromatic nitrogens is 1. The van der Waals surface area contributed by atoms with Gasteiger partial charge in [-0.05, 0) is 38.1 Å². The molecule has 2 aromatic rings. The van der Waals surface area contributed by atoms with Crippen LogP contribution in [0.5, 0.6) is 0 Å². The van der Waals surface area contributed by atoms with Gasteiger partial charge in [0.15, 0.2) is 0 Å². The summed E-state index contributed by atoms with van der Waals surface area (Å²) in [5.74, 6) is -0.316. The van der Waals surface area contributed by atoms with Gasteiger partial charge in [-0.3, -0.25) is 14.8 Å². The van der Waals surface area contributed by atoms with Gasteiger partial charge in [0.1, 0.15) is 0 Å². The van der Waals surface area contributed by atoms with E-state index in [1.165, 1.54) is 7.11 Å². The molecule has 1 aliphatic rings. The Balaban J connectivity index is 1.69. The van der Waals surface area contributed by atoms with E-state index in [0.29, 0.717) is 11.6 Å². The summed E-state index contributed by atoms with van der Waals surface area (Å²) in [6.45, 7) is 9.78. The average Bonchev–Trinajstić information content (AvgIpc) is 2.61. The second-order valence-corrected chi connectivity index (χ2v) is 6.61. The van der Waals surface area contributed by atoms with Gasteiger partial charge < -0.3 is 4.74 Å². The van der Waals surface area contributed by atoms with E-state index < -0.39 is 0 Å². The number of hydrogen-bond donors (Lipinski definition) is 0. The lowest BCUT2D eigenvalue weighted by Crippen LogP contribution is -2.48. The number of ether oxygens (including phenoxy) is 1. The standard InChI is InChI=1S/C19H25N3O2/c1-14(2)22-10-8-21(9-11-22)13-17-6-4-15-12-16(19(23)24-3)5-7-18(15)20-17/h4-7,12,14H,8-11,13H2,1-3H3. The molecule has 0 aliphatic carbocycles. The largest absolute Gasteiger partial charge is 0.465 e. The van der Waals surface area contributed by atoms with Crippen LogP contribution in [0.3, 0.4) is 0 Å². The number of piperazine rings is 1. The number of esters is 1. The first-order valence-corrected chi connectivity index (χ1v) is 8.51. The Hall–Kier alpha value is -1.98. The van der Waals surface area contributed by atoms with Crippen molar-refractivity contribution in [1.29, 1.82) is 0 Å². The molecule has 1 aromatic carbocycles. The molecule has 1 saturated heterocycles. The smallest absolute Gasteiger partial charge is 0.337 e. The molecule has 0 radical (unpaired) electrons. The molecule has 0 bridgehead atoms. The number of rotatable bonds is 4. The van der Waals surface area contributed by atoms with E-state index >= 15 is 0 Å². The lowest BCUT2D eigenvalue weighted by Gasteiger charge is -2.36. The highest BCUT2D eigenvalue weighted by molar-refractivity contribution is 5.94. The van der Waals surface area contributed by atoms with Crippen LogP contribution >= 0.6 is 0 Å². The Morgan fingerprint density at radius 1 is 1.17 bits per heavy atom. The van der Waals surface area contributed by atoms with Crippen LogP contribution in [0.15, 0.2) is 30.3 Å². The number of methoxy groups -OCH3 is 1. The molecule has 5 nitrogen and oxygen atoms in total. The predicted molar refractivity (Wildman–Crippen MR) is 95.1 cm³/mol. The van der Waals surface area contributed by atoms with Gasteiger partial charge in [-0.1, -0.05) is 6.07 Å². The first-order valence-electron chi connectivity index (χ1n) is 8.51. The zero-order valence-corrected chi connectivity index (χ0v) is 14.7. The van der Waals surface area contributed by atoms with Crippen molar-refractivity contribution in [2.24, 2.45) is 0 Å². The van der Waals surface area contributed by atoms with Gasteiger partial charge in [0.2, 0.25) is 0 Å². The van der Waals surface area contributed by atoms with Crippen molar-refractivity contribution < 1.29 is 9.53 Å². The molecule has 0 N–H and O–H groups in total. The van der Waals surface area contributed by atoms with Crippen molar-refractivity contribution in [2.75, 3.05) is 33.3 Å². The van der Waals surface area contributed by atoms with Crippen molar-refractivity contribution in [3.05, 3.63) is 41.6 Å². The lowest BCUT2D eigenvalue weighted by molar-refractivity contribution is 0.0601. The van der Waals surface area contributed by atoms with Crippen molar-refractivity contribution in [1.82, 2.24) is 14.8 Å². The summed E-state index contributed by atoms with van der Waals surface area (Å²) in [5.41, 5.74) is 2.55. The normalized spacial score (nSPS) is 16.7. The van der Waals surface area contributed by atoms with Crippen LogP contribution in [0.4, 0.5) is 0 Å². The summed E-state index contributed by atoms with van der Waals surface area (Å²) >= 11 is 0. The predicted octanol–water partition coefficient (Wildman–Crippen LogP) is 2.55. The highest BCUT2D eigenvalue weighted by atomic mass is 16.5. The number of hydrogen-bond acceptors (Lipinski definition) is 5. The molecule has 0 unspecified atom stereocenters. The number of carbonyl (C=O) groups excluding carboxylic acids is 1. The maximum atomic E-state index is 11.6. The summed E-state index contributed by atoms with van der Waals surface area (Å²) < 4.78 is 4.76. The zero-order valence-electron chi connectivity index (χ0n) is 14.7. The third kappa shape index (κ3) is 3.74. The Morgan fingerprint density at radius 3 is 2.58 bits per heavy atom. The van der Waals surface area contributed by atoms with E-state index in [1.54, 1.807) is 6.07 Å². The fourth-order valence-electron chi connectivity index (χ4n) is 3.17. The molecule has 128 valence electrons. The molecule has 0 amide bonds. The molecule has 3 rings (SSSR count). The maximum Gasteiger partial charge on any atom is 0.337 e. The molecule has 24 heavy (non-hydrogen) atoms. The molecular weight excluding hydrogens is 302 g/mol. The van der Waals surface area contributed by atoms with Crippen LogP contribution in [0.2, 0.25) is 0 Å². The minimum Gasteiger partial charge on any atom is -0.465 e. The quantitative estimate of drug-likeness (QED) is 0.808. The molecule has 0 spiro atoms. The first kappa shape index (κ1) is 16.9. The number of pyridine rings is 1. The second kappa shape index (κ2) is 7.28. The summed E-state index contributed by atoms with van der Waals surface area (Å²) in [6, 6.07) is 10.2. The van der Waals surface area contributed by atoms with Gasteiger partial charge in [0.25, 0.3) is 0 Å². The zero-order chi connectivity index (χ0) is 17.1. The van der Waals surface area contributed by atoms with E-state index in [-0.39, 0.29) is 5.97 Å². The number of benzene rings is 1. The lowest BCUT2D eigenvalue weighted by atomic mass is 10.1. The Kier molecular flexibility index (Phi) is 5.11. The SMILES string of the molecule is COC(=O)c1ccc2nc(CN3CCN(C(C)C)CC3)ccc2c1. The molecule has 0 atom stereocenters. The Morgan fingerprint density at radius 2 is 1.92 bits per heavy atom. The van der Waals surface area contributed by atoms with E-state index in [2.05, 4.69) is 29.7 Å². The highest BCUT2D eigenvalue weighted by Crippen LogP contribution is 2.17. The third-order valence-corrected chi connectivity index (χ3v) is 4.69. The second-order valence-electron chi connectivity index (χ2n) is 6.61. The average molecular weight is 327 g/mol. The number of nitrogens with zero attached hydrogens (tertiary/aromatic N) is 3. The van der Waals surface area contributed by atoms with Gasteiger partial charge >= 0.3 is 5.97 Å². The van der Waals surface area contributed by atoms with Gasteiger partial charge in [-0.25, -0.2) is 4.79 Å². The summed E-state index contributed by atoms with van der Waals surface area (Å²) in [6.07, 6.45) is 0. The topological polar surface area (TPSA) is 45.7 Å². The van der Waals surface area contributed by atoms with Crippen LogP contribution in [0.25, 0.3) is 10.9 Å². The molecule has 1 fully saturated rings. The Bertz CT molecular complexity index is 722.